The summed E-state index contributed by atoms with van der Waals surface area (Å²) < 4.78 is 27.6. The molecule has 3 rings (SSSR count). The van der Waals surface area contributed by atoms with Crippen LogP contribution in [0.1, 0.15) is 42.0 Å². The van der Waals surface area contributed by atoms with E-state index in [2.05, 4.69) is 42.1 Å². The Labute approximate surface area is 151 Å². The number of aryl methyl sites for hydroxylation is 1. The number of benzene rings is 2. The lowest BCUT2D eigenvalue weighted by atomic mass is 9.90. The van der Waals surface area contributed by atoms with Crippen molar-refractivity contribution in [1.82, 2.24) is 0 Å². The summed E-state index contributed by atoms with van der Waals surface area (Å²) >= 11 is 4.38. The van der Waals surface area contributed by atoms with Crippen molar-refractivity contribution in [3.63, 3.8) is 0 Å². The molecule has 0 aromatic heterocycles. The Kier molecular flexibility index (Phi) is 5.19. The van der Waals surface area contributed by atoms with Crippen molar-refractivity contribution in [1.29, 1.82) is 0 Å². The summed E-state index contributed by atoms with van der Waals surface area (Å²) in [6.45, 7) is 2.16. The molecule has 0 heterocycles. The first-order valence-corrected chi connectivity index (χ1v) is 8.43. The standard InChI is InChI=1S/C21H15F2NS/c1-2-14-5-7-18-10-15(6-8-17(18)9-14)3-4-16-11-19(22)21(24-13-25)20(23)12-16/h6,8-12H,2,5,7H2,1H3. The lowest BCUT2D eigenvalue weighted by Gasteiger charge is -2.15. The Morgan fingerprint density at radius 1 is 1.04 bits per heavy atom. The van der Waals surface area contributed by atoms with Crippen LogP contribution in [0.5, 0.6) is 0 Å². The quantitative estimate of drug-likeness (QED) is 0.376. The first kappa shape index (κ1) is 17.2. The molecule has 0 atom stereocenters. The van der Waals surface area contributed by atoms with E-state index < -0.39 is 17.3 Å². The Balaban J connectivity index is 1.90. The molecule has 124 valence electrons. The minimum Gasteiger partial charge on any atom is -0.204 e. The van der Waals surface area contributed by atoms with E-state index in [1.165, 1.54) is 16.7 Å². The molecule has 0 saturated heterocycles. The molecule has 0 unspecified atom stereocenters. The lowest BCUT2D eigenvalue weighted by Crippen LogP contribution is -1.99. The third kappa shape index (κ3) is 3.91. The molecule has 0 amide bonds. The van der Waals surface area contributed by atoms with Crippen molar-refractivity contribution in [2.75, 3.05) is 0 Å². The zero-order valence-electron chi connectivity index (χ0n) is 13.7. The number of nitrogens with zero attached hydrogens (tertiary/aromatic N) is 1. The van der Waals surface area contributed by atoms with Gasteiger partial charge in [0.2, 0.25) is 0 Å². The topological polar surface area (TPSA) is 12.4 Å². The van der Waals surface area contributed by atoms with Gasteiger partial charge in [0.25, 0.3) is 0 Å². The predicted molar refractivity (Wildman–Crippen MR) is 100 cm³/mol. The van der Waals surface area contributed by atoms with Gasteiger partial charge in [0.05, 0.1) is 5.16 Å². The molecule has 25 heavy (non-hydrogen) atoms. The largest absolute Gasteiger partial charge is 0.204 e. The van der Waals surface area contributed by atoms with Crippen LogP contribution in [0.4, 0.5) is 14.5 Å². The smallest absolute Gasteiger partial charge is 0.153 e. The van der Waals surface area contributed by atoms with E-state index in [1.807, 2.05) is 23.4 Å². The molecule has 2 aromatic rings. The fourth-order valence-corrected chi connectivity index (χ4v) is 2.93. The van der Waals surface area contributed by atoms with Gasteiger partial charge < -0.3 is 0 Å². The molecule has 0 N–H and O–H groups in total. The second kappa shape index (κ2) is 7.53. The van der Waals surface area contributed by atoms with Gasteiger partial charge in [-0.15, -0.1) is 0 Å². The Morgan fingerprint density at radius 2 is 1.76 bits per heavy atom. The molecule has 0 bridgehead atoms. The number of allylic oxidation sites excluding steroid dienone is 1. The monoisotopic (exact) mass is 351 g/mol. The van der Waals surface area contributed by atoms with Gasteiger partial charge in [-0.05, 0) is 66.9 Å². The fraction of sp³-hybridized carbons (Fsp3) is 0.190. The summed E-state index contributed by atoms with van der Waals surface area (Å²) in [5.74, 6) is 4.17. The zero-order chi connectivity index (χ0) is 17.8. The molecule has 2 aromatic carbocycles. The van der Waals surface area contributed by atoms with Crippen molar-refractivity contribution < 1.29 is 8.78 Å². The van der Waals surface area contributed by atoms with Crippen LogP contribution >= 0.6 is 12.2 Å². The van der Waals surface area contributed by atoms with Gasteiger partial charge in [0.15, 0.2) is 11.6 Å². The normalized spacial score (nSPS) is 12.4. The summed E-state index contributed by atoms with van der Waals surface area (Å²) in [4.78, 5) is 3.39. The maximum Gasteiger partial charge on any atom is 0.153 e. The molecule has 1 nitrogen and oxygen atoms in total. The van der Waals surface area contributed by atoms with Crippen LogP contribution in [0.25, 0.3) is 6.08 Å². The van der Waals surface area contributed by atoms with E-state index in [4.69, 9.17) is 0 Å². The summed E-state index contributed by atoms with van der Waals surface area (Å²) in [5.41, 5.74) is 4.59. The average molecular weight is 351 g/mol. The predicted octanol–water partition coefficient (Wildman–Crippen LogP) is 5.84. The maximum atomic E-state index is 13.8. The van der Waals surface area contributed by atoms with Crippen LogP contribution in [0, 0.1) is 23.5 Å². The minimum absolute atomic E-state index is 0.254. The number of halogens is 2. The maximum absolute atomic E-state index is 13.8. The number of rotatable bonds is 2. The van der Waals surface area contributed by atoms with Crippen molar-refractivity contribution >= 4 is 29.1 Å². The molecule has 0 saturated carbocycles. The van der Waals surface area contributed by atoms with E-state index >= 15 is 0 Å². The highest BCUT2D eigenvalue weighted by molar-refractivity contribution is 7.78. The van der Waals surface area contributed by atoms with E-state index in [0.717, 1.165) is 37.0 Å². The number of isothiocyanates is 1. The third-order valence-corrected chi connectivity index (χ3v) is 4.29. The zero-order valence-corrected chi connectivity index (χ0v) is 14.5. The molecular formula is C21H15F2NS. The number of hydrogen-bond donors (Lipinski definition) is 0. The second-order valence-electron chi connectivity index (χ2n) is 5.81. The number of aliphatic imine (C=N–C) groups is 1. The van der Waals surface area contributed by atoms with Gasteiger partial charge in [0, 0.05) is 11.1 Å². The van der Waals surface area contributed by atoms with E-state index in [0.29, 0.717) is 0 Å². The summed E-state index contributed by atoms with van der Waals surface area (Å²) in [5, 5.41) is 1.97. The van der Waals surface area contributed by atoms with Gasteiger partial charge >= 0.3 is 0 Å². The number of fused-ring (bicyclic) bond motifs is 1. The van der Waals surface area contributed by atoms with Crippen LogP contribution in [0.3, 0.4) is 0 Å². The van der Waals surface area contributed by atoms with Crippen molar-refractivity contribution in [2.45, 2.75) is 26.2 Å². The summed E-state index contributed by atoms with van der Waals surface area (Å²) in [6, 6.07) is 8.32. The van der Waals surface area contributed by atoms with E-state index in [1.54, 1.807) is 0 Å². The Bertz CT molecular complexity index is 950. The first-order chi connectivity index (χ1) is 12.1. The van der Waals surface area contributed by atoms with Gasteiger partial charge in [-0.1, -0.05) is 36.5 Å². The highest BCUT2D eigenvalue weighted by Gasteiger charge is 2.10. The SMILES string of the molecule is CCC1=Cc2ccc(C#Cc3cc(F)c(N=C=S)c(F)c3)cc2CC1. The Hall–Kier alpha value is -2.60. The van der Waals surface area contributed by atoms with Gasteiger partial charge in [-0.2, -0.15) is 4.99 Å². The molecule has 1 aliphatic carbocycles. The molecule has 0 spiro atoms. The highest BCUT2D eigenvalue weighted by atomic mass is 32.1. The van der Waals surface area contributed by atoms with Crippen LogP contribution in [0.15, 0.2) is 40.9 Å². The second-order valence-corrected chi connectivity index (χ2v) is 5.99. The van der Waals surface area contributed by atoms with Crippen LogP contribution in [-0.2, 0) is 6.42 Å². The summed E-state index contributed by atoms with van der Waals surface area (Å²) in [6.07, 6.45) is 5.37. The molecule has 0 radical (unpaired) electrons. The number of thiocarbonyl (C=S) groups is 1. The first-order valence-electron chi connectivity index (χ1n) is 8.02. The third-order valence-electron chi connectivity index (χ3n) is 4.20. The van der Waals surface area contributed by atoms with E-state index in [-0.39, 0.29) is 5.56 Å². The van der Waals surface area contributed by atoms with Crippen molar-refractivity contribution in [3.05, 3.63) is 69.8 Å². The lowest BCUT2D eigenvalue weighted by molar-refractivity contribution is 0.587. The van der Waals surface area contributed by atoms with Crippen LogP contribution < -0.4 is 0 Å². The van der Waals surface area contributed by atoms with Crippen LogP contribution in [-0.4, -0.2) is 5.16 Å². The fourth-order valence-electron chi connectivity index (χ4n) is 2.84. The molecule has 0 fully saturated rings. The Morgan fingerprint density at radius 3 is 2.44 bits per heavy atom. The molecular weight excluding hydrogens is 336 g/mol. The van der Waals surface area contributed by atoms with Crippen LogP contribution in [0.2, 0.25) is 0 Å². The molecule has 1 aliphatic rings. The van der Waals surface area contributed by atoms with Gasteiger partial charge in [-0.3, -0.25) is 0 Å². The summed E-state index contributed by atoms with van der Waals surface area (Å²) in [7, 11) is 0. The minimum atomic E-state index is -0.802. The average Bonchev–Trinajstić information content (AvgIpc) is 2.62. The molecule has 0 aliphatic heterocycles. The number of hydrogen-bond acceptors (Lipinski definition) is 2. The highest BCUT2D eigenvalue weighted by Crippen LogP contribution is 2.26. The van der Waals surface area contributed by atoms with Crippen molar-refractivity contribution in [2.24, 2.45) is 4.99 Å². The van der Waals surface area contributed by atoms with Gasteiger partial charge in [0.1, 0.15) is 5.69 Å². The molecule has 4 heteroatoms. The van der Waals surface area contributed by atoms with Gasteiger partial charge in [-0.25, -0.2) is 8.78 Å². The van der Waals surface area contributed by atoms with Crippen molar-refractivity contribution in [3.8, 4) is 11.8 Å². The van der Waals surface area contributed by atoms with E-state index in [9.17, 15) is 8.78 Å².